The molecule has 4 N–H and O–H groups in total. The van der Waals surface area contributed by atoms with Gasteiger partial charge in [0.05, 0.1) is 51.0 Å². The number of anilines is 1. The van der Waals surface area contributed by atoms with Gasteiger partial charge in [-0.3, -0.25) is 24.1 Å². The van der Waals surface area contributed by atoms with Crippen LogP contribution >= 0.6 is 22.9 Å². The van der Waals surface area contributed by atoms with Gasteiger partial charge in [-0.05, 0) is 67.5 Å². The lowest BCUT2D eigenvalue weighted by molar-refractivity contribution is -0.164. The molecule has 2 aromatic heterocycles. The zero-order valence-electron chi connectivity index (χ0n) is 42.7. The number of halogens is 1. The minimum Gasteiger partial charge on any atom is -0.489 e. The number of rotatable bonds is 16. The van der Waals surface area contributed by atoms with E-state index in [-0.39, 0.29) is 61.7 Å². The van der Waals surface area contributed by atoms with Crippen molar-refractivity contribution in [2.75, 3.05) is 44.3 Å². The fraction of sp³-hybridized carbons (Fsp3) is 0.537. The fourth-order valence-corrected chi connectivity index (χ4v) is 12.6. The van der Waals surface area contributed by atoms with Crippen molar-refractivity contribution in [2.45, 2.75) is 130 Å². The van der Waals surface area contributed by atoms with Crippen molar-refractivity contribution in [3.8, 4) is 22.3 Å². The SMILES string of the molecule is Cc1ncsc1-c1ccc([C@H](C)NC(=O)[C@@H]2C[C@@H](O)CN2C(=O)[C@@H](NC(=O)COCCN2[C@H]3CC[C@H]2CN(c2ccc(C(=O)NC4C(C)(C)C(Oc5ccc(C#N)c(Cl)c5)C4(C)C)cn2)C3)C(C)(C)C)cc1. The Labute approximate surface area is 431 Å². The van der Waals surface area contributed by atoms with E-state index in [2.05, 4.69) is 64.5 Å². The summed E-state index contributed by atoms with van der Waals surface area (Å²) >= 11 is 7.85. The van der Waals surface area contributed by atoms with E-state index in [0.29, 0.717) is 35.1 Å². The van der Waals surface area contributed by atoms with E-state index in [1.54, 1.807) is 35.7 Å². The van der Waals surface area contributed by atoms with Crippen LogP contribution < -0.4 is 25.6 Å². The molecule has 2 aromatic carbocycles. The summed E-state index contributed by atoms with van der Waals surface area (Å²) in [7, 11) is 0. The van der Waals surface area contributed by atoms with Crippen LogP contribution in [0.1, 0.15) is 108 Å². The molecule has 5 heterocycles. The first-order valence-corrected chi connectivity index (χ1v) is 26.1. The van der Waals surface area contributed by atoms with Crippen molar-refractivity contribution in [1.82, 2.24) is 35.7 Å². The van der Waals surface area contributed by atoms with Crippen LogP contribution in [0.5, 0.6) is 5.75 Å². The van der Waals surface area contributed by atoms with Gasteiger partial charge in [-0.15, -0.1) is 11.3 Å². The number of nitriles is 1. The van der Waals surface area contributed by atoms with Crippen molar-refractivity contribution in [1.29, 1.82) is 5.26 Å². The standard InChI is InChI=1S/C54H68ClN9O7S/c1-31(33-10-12-34(13-11-33)45-32(2)58-30-72-45)59-48(68)42-22-39(65)28-64(42)49(69)46(52(3,4)5)60-44(66)29-70-21-20-63-37-16-17-38(63)27-62(26-37)43-19-15-36(25-57-43)47(67)61-50-53(6,7)51(54(50,8)9)71-40-18-14-35(24-56)41(55)23-40/h10-15,18-19,23,25,30-31,37-39,42,46,50-51,65H,16-17,20-22,26-29H2,1-9H3,(H,59,68)(H,60,66)(H,61,67)/t31-,37-,38-,39+,42-,46+,50?,51?/m0/s1. The number of ether oxygens (including phenoxy) is 2. The number of aromatic nitrogens is 2. The molecule has 1 aliphatic carbocycles. The Kier molecular flexibility index (Phi) is 15.4. The monoisotopic (exact) mass is 1020 g/mol. The summed E-state index contributed by atoms with van der Waals surface area (Å²) in [5.41, 5.74) is 4.08. The number of amides is 4. The minimum absolute atomic E-state index is 0.0167. The number of aliphatic hydroxyl groups is 1. The van der Waals surface area contributed by atoms with Crippen LogP contribution in [0.15, 0.2) is 66.3 Å². The Bertz CT molecular complexity index is 2650. The molecule has 384 valence electrons. The summed E-state index contributed by atoms with van der Waals surface area (Å²) in [6.07, 6.45) is 2.68. The van der Waals surface area contributed by atoms with Crippen LogP contribution in [0.25, 0.3) is 10.4 Å². The largest absolute Gasteiger partial charge is 0.489 e. The second-order valence-corrected chi connectivity index (χ2v) is 23.4. The molecule has 1 saturated carbocycles. The number of fused-ring (bicyclic) bond motifs is 2. The average Bonchev–Trinajstić information content (AvgIpc) is 4.02. The molecule has 2 bridgehead atoms. The molecular weight excluding hydrogens is 954 g/mol. The van der Waals surface area contributed by atoms with Crippen molar-refractivity contribution in [2.24, 2.45) is 16.2 Å². The fourth-order valence-electron chi connectivity index (χ4n) is 11.6. The average molecular weight is 1020 g/mol. The Morgan fingerprint density at radius 2 is 1.67 bits per heavy atom. The Hall–Kier alpha value is -5.64. The van der Waals surface area contributed by atoms with Gasteiger partial charge in [0.2, 0.25) is 17.7 Å². The molecule has 72 heavy (non-hydrogen) atoms. The lowest BCUT2D eigenvalue weighted by Gasteiger charge is -2.63. The normalized spacial score (nSPS) is 24.1. The highest BCUT2D eigenvalue weighted by Crippen LogP contribution is 2.55. The maximum Gasteiger partial charge on any atom is 0.253 e. The molecule has 16 nitrogen and oxygen atoms in total. The second kappa shape index (κ2) is 21.1. The number of aryl methyl sites for hydroxylation is 1. The molecule has 3 saturated heterocycles. The van der Waals surface area contributed by atoms with Crippen LogP contribution in [0.3, 0.4) is 0 Å². The third-order valence-corrected chi connectivity index (χ3v) is 16.5. The number of piperazine rings is 1. The maximum absolute atomic E-state index is 14.2. The first kappa shape index (κ1) is 52.7. The highest BCUT2D eigenvalue weighted by atomic mass is 35.5. The van der Waals surface area contributed by atoms with Crippen LogP contribution in [0.4, 0.5) is 5.82 Å². The van der Waals surface area contributed by atoms with Crippen LogP contribution in [-0.2, 0) is 19.1 Å². The number of pyridine rings is 1. The summed E-state index contributed by atoms with van der Waals surface area (Å²) in [6.45, 7) is 20.0. The Balaban J connectivity index is 0.786. The number of carbonyl (C=O) groups is 4. The van der Waals surface area contributed by atoms with Gasteiger partial charge in [0.1, 0.15) is 42.4 Å². The molecular formula is C54H68ClN9O7S. The summed E-state index contributed by atoms with van der Waals surface area (Å²) in [4.78, 5) is 71.2. The lowest BCUT2D eigenvalue weighted by Crippen LogP contribution is -2.74. The molecule has 0 unspecified atom stereocenters. The van der Waals surface area contributed by atoms with Gasteiger partial charge >= 0.3 is 0 Å². The third kappa shape index (κ3) is 11.0. The molecule has 4 amide bonds. The number of hydrogen-bond acceptors (Lipinski definition) is 13. The maximum atomic E-state index is 14.2. The smallest absolute Gasteiger partial charge is 0.253 e. The van der Waals surface area contributed by atoms with E-state index in [0.717, 1.165) is 53.4 Å². The molecule has 18 heteroatoms. The predicted molar refractivity (Wildman–Crippen MR) is 277 cm³/mol. The summed E-state index contributed by atoms with van der Waals surface area (Å²) < 4.78 is 12.3. The second-order valence-electron chi connectivity index (χ2n) is 22.2. The zero-order valence-corrected chi connectivity index (χ0v) is 44.3. The Morgan fingerprint density at radius 1 is 0.972 bits per heavy atom. The van der Waals surface area contributed by atoms with Gasteiger partial charge in [-0.25, -0.2) is 9.97 Å². The molecule has 3 aliphatic heterocycles. The number of thiazole rings is 1. The summed E-state index contributed by atoms with van der Waals surface area (Å²) in [5, 5.41) is 29.5. The molecule has 4 fully saturated rings. The van der Waals surface area contributed by atoms with Gasteiger partial charge < -0.3 is 40.3 Å². The van der Waals surface area contributed by atoms with Crippen LogP contribution in [-0.4, -0.2) is 130 Å². The van der Waals surface area contributed by atoms with Crippen molar-refractivity contribution in [3.05, 3.63) is 93.7 Å². The van der Waals surface area contributed by atoms with Gasteiger partial charge in [-0.1, -0.05) is 84.3 Å². The molecule has 4 aromatic rings. The topological polar surface area (TPSA) is 202 Å². The first-order chi connectivity index (χ1) is 34.1. The van der Waals surface area contributed by atoms with Crippen LogP contribution in [0, 0.1) is 34.5 Å². The first-order valence-electron chi connectivity index (χ1n) is 24.9. The van der Waals surface area contributed by atoms with E-state index in [4.69, 9.17) is 26.1 Å². The van der Waals surface area contributed by atoms with Gasteiger partial charge in [0.15, 0.2) is 0 Å². The zero-order chi connectivity index (χ0) is 51.9. The highest BCUT2D eigenvalue weighted by Gasteiger charge is 2.64. The predicted octanol–water partition coefficient (Wildman–Crippen LogP) is 6.69. The van der Waals surface area contributed by atoms with Crippen LogP contribution in [0.2, 0.25) is 5.02 Å². The number of benzene rings is 2. The minimum atomic E-state index is -0.965. The molecule has 4 aliphatic rings. The van der Waals surface area contributed by atoms with Crippen molar-refractivity contribution >= 4 is 52.4 Å². The number of nitrogens with one attached hydrogen (secondary N) is 3. The summed E-state index contributed by atoms with van der Waals surface area (Å²) in [5.74, 6) is -0.0470. The highest BCUT2D eigenvalue weighted by molar-refractivity contribution is 7.13. The third-order valence-electron chi connectivity index (χ3n) is 15.2. The Morgan fingerprint density at radius 3 is 2.26 bits per heavy atom. The van der Waals surface area contributed by atoms with Gasteiger partial charge in [-0.2, -0.15) is 5.26 Å². The quantitative estimate of drug-likeness (QED) is 0.0868. The molecule has 8 rings (SSSR count). The molecule has 0 spiro atoms. The molecule has 0 radical (unpaired) electrons. The lowest BCUT2D eigenvalue weighted by atomic mass is 9.49. The number of aliphatic hydroxyl groups excluding tert-OH is 1. The number of nitrogens with zero attached hydrogens (tertiary/aromatic N) is 6. The van der Waals surface area contributed by atoms with Crippen molar-refractivity contribution < 1.29 is 33.8 Å². The number of β-amino-alcohol motifs (C(OH)–C–C–N with tert-alkyl or cyclic N) is 1. The van der Waals surface area contributed by atoms with E-state index in [1.807, 2.05) is 76.5 Å². The van der Waals surface area contributed by atoms with E-state index in [9.17, 15) is 29.5 Å². The van der Waals surface area contributed by atoms with E-state index in [1.165, 1.54) is 4.90 Å². The molecule has 6 atom stereocenters. The van der Waals surface area contributed by atoms with Gasteiger partial charge in [0, 0.05) is 73.8 Å². The number of hydrogen-bond donors (Lipinski definition) is 4. The summed E-state index contributed by atoms with van der Waals surface area (Å²) in [6, 6.07) is 16.9. The van der Waals surface area contributed by atoms with E-state index < -0.39 is 46.2 Å². The van der Waals surface area contributed by atoms with Gasteiger partial charge in [0.25, 0.3) is 5.91 Å². The number of carbonyl (C=O) groups excluding carboxylic acids is 4. The van der Waals surface area contributed by atoms with Crippen molar-refractivity contribution in [3.63, 3.8) is 0 Å². The number of likely N-dealkylation sites (tertiary alicyclic amines) is 1. The van der Waals surface area contributed by atoms with E-state index >= 15 is 0 Å².